The van der Waals surface area contributed by atoms with E-state index in [-0.39, 0.29) is 0 Å². The van der Waals surface area contributed by atoms with Crippen LogP contribution in [0.25, 0.3) is 0 Å². The standard InChI is InChI=1S/C12H19OS.CHF3O3S/c1-4-13-11-7-9-12(10-8-11)14(5-2)6-3;2-1(3,4)8(5,6)7/h7-10H,4-6H2,1-3H3;(H,5,6,7)/q+1;/p-1. The molecule has 0 saturated heterocycles. The second-order valence-electron chi connectivity index (χ2n) is 3.87. The maximum Gasteiger partial charge on any atom is 0.485 e. The molecule has 22 heavy (non-hydrogen) atoms. The lowest BCUT2D eigenvalue weighted by Crippen LogP contribution is -2.21. The van der Waals surface area contributed by atoms with Crippen molar-refractivity contribution in [1.29, 1.82) is 0 Å². The molecule has 0 aromatic heterocycles. The van der Waals surface area contributed by atoms with Gasteiger partial charge in [-0.05, 0) is 45.0 Å². The summed E-state index contributed by atoms with van der Waals surface area (Å²) < 4.78 is 64.3. The lowest BCUT2D eigenvalue weighted by Gasteiger charge is -2.08. The second kappa shape index (κ2) is 9.26. The SMILES string of the molecule is CCOc1ccc([S+](CC)CC)cc1.O=S(=O)([O-])C(F)(F)F. The van der Waals surface area contributed by atoms with E-state index in [2.05, 4.69) is 38.1 Å². The molecule has 0 spiro atoms. The number of alkyl halides is 3. The minimum absolute atomic E-state index is 0.430. The fraction of sp³-hybridized carbons (Fsp3) is 0.538. The Kier molecular flexibility index (Phi) is 8.87. The van der Waals surface area contributed by atoms with Gasteiger partial charge in [-0.15, -0.1) is 0 Å². The zero-order valence-corrected chi connectivity index (χ0v) is 14.1. The molecule has 0 aliphatic heterocycles. The van der Waals surface area contributed by atoms with E-state index in [0.717, 1.165) is 12.4 Å². The van der Waals surface area contributed by atoms with Gasteiger partial charge in [0.25, 0.3) is 0 Å². The summed E-state index contributed by atoms with van der Waals surface area (Å²) in [6, 6.07) is 8.54. The van der Waals surface area contributed by atoms with Crippen molar-refractivity contribution < 1.29 is 30.9 Å². The molecule has 1 aromatic carbocycles. The van der Waals surface area contributed by atoms with Gasteiger partial charge in [0.15, 0.2) is 15.0 Å². The van der Waals surface area contributed by atoms with Crippen LogP contribution in [0.4, 0.5) is 13.2 Å². The number of ether oxygens (including phenoxy) is 1. The van der Waals surface area contributed by atoms with E-state index < -0.39 is 15.6 Å². The summed E-state index contributed by atoms with van der Waals surface area (Å²) in [6.45, 7) is 7.26. The average Bonchev–Trinajstić information content (AvgIpc) is 2.41. The largest absolute Gasteiger partial charge is 0.741 e. The third-order valence-electron chi connectivity index (χ3n) is 2.45. The van der Waals surface area contributed by atoms with Gasteiger partial charge < -0.3 is 9.29 Å². The van der Waals surface area contributed by atoms with E-state index in [1.54, 1.807) is 0 Å². The first-order valence-corrected chi connectivity index (χ1v) is 9.46. The number of rotatable bonds is 5. The van der Waals surface area contributed by atoms with E-state index in [4.69, 9.17) is 17.7 Å². The van der Waals surface area contributed by atoms with Gasteiger partial charge in [-0.3, -0.25) is 0 Å². The summed E-state index contributed by atoms with van der Waals surface area (Å²) in [6.07, 6.45) is 0. The Labute approximate surface area is 131 Å². The van der Waals surface area contributed by atoms with E-state index in [1.165, 1.54) is 16.4 Å². The Morgan fingerprint density at radius 1 is 1.09 bits per heavy atom. The molecule has 4 nitrogen and oxygen atoms in total. The number of benzene rings is 1. The summed E-state index contributed by atoms with van der Waals surface area (Å²) >= 11 is 0. The van der Waals surface area contributed by atoms with E-state index in [0.29, 0.717) is 10.9 Å². The summed E-state index contributed by atoms with van der Waals surface area (Å²) in [5.41, 5.74) is -5.65. The fourth-order valence-electron chi connectivity index (χ4n) is 1.43. The smallest absolute Gasteiger partial charge is 0.485 e. The van der Waals surface area contributed by atoms with Crippen LogP contribution >= 0.6 is 0 Å². The van der Waals surface area contributed by atoms with Gasteiger partial charge >= 0.3 is 5.51 Å². The molecule has 0 atom stereocenters. The highest BCUT2D eigenvalue weighted by molar-refractivity contribution is 7.96. The Bertz CT molecular complexity index is 523. The number of hydrogen-bond acceptors (Lipinski definition) is 4. The van der Waals surface area contributed by atoms with Crippen LogP contribution in [0, 0.1) is 0 Å². The van der Waals surface area contributed by atoms with E-state index in [9.17, 15) is 13.2 Å². The number of hydrogen-bond donors (Lipinski definition) is 0. The maximum absolute atomic E-state index is 10.7. The lowest BCUT2D eigenvalue weighted by molar-refractivity contribution is -0.0517. The van der Waals surface area contributed by atoms with Crippen molar-refractivity contribution in [1.82, 2.24) is 0 Å². The van der Waals surface area contributed by atoms with Crippen molar-refractivity contribution in [2.24, 2.45) is 0 Å². The van der Waals surface area contributed by atoms with Crippen molar-refractivity contribution >= 4 is 21.0 Å². The predicted molar refractivity (Wildman–Crippen MR) is 80.1 cm³/mol. The fourth-order valence-corrected chi connectivity index (χ4v) is 3.03. The Hall–Kier alpha value is -0.930. The first kappa shape index (κ1) is 21.1. The third-order valence-corrected chi connectivity index (χ3v) is 5.35. The van der Waals surface area contributed by atoms with Crippen molar-refractivity contribution in [2.75, 3.05) is 18.1 Å². The van der Waals surface area contributed by atoms with Crippen LogP contribution in [-0.4, -0.2) is 36.6 Å². The first-order valence-electron chi connectivity index (χ1n) is 6.49. The molecule has 9 heteroatoms. The Balaban J connectivity index is 0.000000472. The molecular formula is C13H19F3O4S2. The predicted octanol–water partition coefficient (Wildman–Crippen LogP) is 3.15. The molecule has 0 bridgehead atoms. The van der Waals surface area contributed by atoms with Crippen LogP contribution < -0.4 is 4.74 Å². The van der Waals surface area contributed by atoms with Crippen molar-refractivity contribution in [3.05, 3.63) is 24.3 Å². The molecule has 0 fully saturated rings. The molecule has 128 valence electrons. The molecule has 0 aliphatic carbocycles. The van der Waals surface area contributed by atoms with Gasteiger partial charge in [-0.1, -0.05) is 0 Å². The maximum atomic E-state index is 10.7. The quantitative estimate of drug-likeness (QED) is 0.460. The molecule has 1 aromatic rings. The zero-order valence-electron chi connectivity index (χ0n) is 12.5. The minimum atomic E-state index is -6.09. The Morgan fingerprint density at radius 3 is 1.77 bits per heavy atom. The van der Waals surface area contributed by atoms with Crippen LogP contribution in [0.3, 0.4) is 0 Å². The summed E-state index contributed by atoms with van der Waals surface area (Å²) in [5, 5.41) is 0. The molecule has 0 N–H and O–H groups in total. The highest BCUT2D eigenvalue weighted by Gasteiger charge is 2.36. The van der Waals surface area contributed by atoms with E-state index in [1.807, 2.05) is 6.92 Å². The molecule has 1 rings (SSSR count). The zero-order chi connectivity index (χ0) is 17.4. The van der Waals surface area contributed by atoms with Crippen LogP contribution in [0.1, 0.15) is 20.8 Å². The summed E-state index contributed by atoms with van der Waals surface area (Å²) in [5.74, 6) is 3.46. The van der Waals surface area contributed by atoms with Gasteiger partial charge in [0, 0.05) is 10.9 Å². The van der Waals surface area contributed by atoms with Crippen LogP contribution in [-0.2, 0) is 21.0 Å². The monoisotopic (exact) mass is 360 g/mol. The summed E-state index contributed by atoms with van der Waals surface area (Å²) in [4.78, 5) is 1.46. The first-order chi connectivity index (χ1) is 10.1. The number of halogens is 3. The molecule has 0 amide bonds. The highest BCUT2D eigenvalue weighted by atomic mass is 32.2. The van der Waals surface area contributed by atoms with Gasteiger partial charge in [0.05, 0.1) is 6.61 Å². The lowest BCUT2D eigenvalue weighted by atomic mass is 10.3. The van der Waals surface area contributed by atoms with Crippen LogP contribution in [0.2, 0.25) is 0 Å². The second-order valence-corrected chi connectivity index (χ2v) is 7.86. The molecular weight excluding hydrogens is 341 g/mol. The van der Waals surface area contributed by atoms with Gasteiger partial charge in [-0.25, -0.2) is 8.42 Å². The van der Waals surface area contributed by atoms with Crippen LogP contribution in [0.15, 0.2) is 29.2 Å². The molecule has 0 saturated carbocycles. The molecule has 0 heterocycles. The molecule has 0 radical (unpaired) electrons. The average molecular weight is 360 g/mol. The van der Waals surface area contributed by atoms with Crippen molar-refractivity contribution in [3.8, 4) is 5.75 Å². The van der Waals surface area contributed by atoms with E-state index >= 15 is 0 Å². The van der Waals surface area contributed by atoms with Crippen LogP contribution in [0.5, 0.6) is 5.75 Å². The van der Waals surface area contributed by atoms with Gasteiger partial charge in [-0.2, -0.15) is 13.2 Å². The van der Waals surface area contributed by atoms with Gasteiger partial charge in [0.2, 0.25) is 0 Å². The Morgan fingerprint density at radius 2 is 1.50 bits per heavy atom. The molecule has 0 unspecified atom stereocenters. The van der Waals surface area contributed by atoms with Crippen molar-refractivity contribution in [3.63, 3.8) is 0 Å². The normalized spacial score (nSPS) is 11.8. The van der Waals surface area contributed by atoms with Crippen molar-refractivity contribution in [2.45, 2.75) is 31.2 Å². The summed E-state index contributed by atoms with van der Waals surface area (Å²) in [7, 11) is -5.66. The topological polar surface area (TPSA) is 66.4 Å². The van der Waals surface area contributed by atoms with Gasteiger partial charge in [0.1, 0.15) is 17.3 Å². The third kappa shape index (κ3) is 7.37. The molecule has 0 aliphatic rings. The minimum Gasteiger partial charge on any atom is -0.741 e. The highest BCUT2D eigenvalue weighted by Crippen LogP contribution is 2.20.